The second-order valence-electron chi connectivity index (χ2n) is 4.67. The van der Waals surface area contributed by atoms with Gasteiger partial charge in [0.25, 0.3) is 6.34 Å². The fourth-order valence-electron chi connectivity index (χ4n) is 1.83. The maximum Gasteiger partial charge on any atom is 0.345 e. The lowest BCUT2D eigenvalue weighted by molar-refractivity contribution is -0.401. The molecule has 0 saturated carbocycles. The van der Waals surface area contributed by atoms with Crippen LogP contribution in [0.15, 0.2) is 36.4 Å². The van der Waals surface area contributed by atoms with Gasteiger partial charge in [-0.25, -0.2) is 10.2 Å². The van der Waals surface area contributed by atoms with Crippen molar-refractivity contribution in [2.75, 3.05) is 12.0 Å². The van der Waals surface area contributed by atoms with Crippen LogP contribution in [0.2, 0.25) is 20.1 Å². The van der Waals surface area contributed by atoms with Crippen LogP contribution < -0.4 is 10.7 Å². The number of carboxylic acid groups (broad SMARTS) is 1. The molecule has 0 saturated heterocycles. The molecule has 0 amide bonds. The minimum Gasteiger partial charge on any atom is -0.478 e. The predicted octanol–water partition coefficient (Wildman–Crippen LogP) is 4.67. The highest BCUT2D eigenvalue weighted by atomic mass is 35.5. The van der Waals surface area contributed by atoms with Crippen LogP contribution in [0.5, 0.6) is 0 Å². The highest BCUT2D eigenvalue weighted by Gasteiger charge is 2.10. The van der Waals surface area contributed by atoms with Crippen LogP contribution in [0.3, 0.4) is 0 Å². The fourth-order valence-corrected chi connectivity index (χ4v) is 2.87. The van der Waals surface area contributed by atoms with Crippen molar-refractivity contribution in [1.29, 1.82) is 0 Å². The first-order chi connectivity index (χ1) is 11.3. The maximum absolute atomic E-state index is 10.7. The Morgan fingerprint density at radius 3 is 1.96 bits per heavy atom. The van der Waals surface area contributed by atoms with E-state index in [4.69, 9.17) is 51.5 Å². The molecular weight excluding hydrogens is 396 g/mol. The summed E-state index contributed by atoms with van der Waals surface area (Å²) >= 11 is 24.0. The summed E-state index contributed by atoms with van der Waals surface area (Å²) < 4.78 is 1.52. The largest absolute Gasteiger partial charge is 0.478 e. The number of benzene rings is 2. The Labute approximate surface area is 158 Å². The monoisotopic (exact) mass is 406 g/mol. The van der Waals surface area contributed by atoms with Crippen molar-refractivity contribution in [3.63, 3.8) is 0 Å². The van der Waals surface area contributed by atoms with E-state index in [1.165, 1.54) is 11.0 Å². The van der Waals surface area contributed by atoms with Crippen molar-refractivity contribution in [3.8, 4) is 0 Å². The number of rotatable bonds is 6. The van der Waals surface area contributed by atoms with Crippen LogP contribution in [0.1, 0.15) is 0 Å². The van der Waals surface area contributed by atoms with Gasteiger partial charge in [0.05, 0.1) is 5.69 Å². The number of carboxylic acids is 1. The van der Waals surface area contributed by atoms with Gasteiger partial charge in [-0.05, 0) is 24.3 Å². The molecule has 0 spiro atoms. The lowest BCUT2D eigenvalue weighted by Crippen LogP contribution is -2.28. The van der Waals surface area contributed by atoms with Gasteiger partial charge in [0.1, 0.15) is 0 Å². The molecular formula is C15H12Cl4N3O2+. The molecule has 126 valence electrons. The first-order valence-corrected chi connectivity index (χ1v) is 8.11. The molecule has 3 N–H and O–H groups in total. The van der Waals surface area contributed by atoms with Crippen molar-refractivity contribution in [2.45, 2.75) is 0 Å². The molecule has 0 atom stereocenters. The van der Waals surface area contributed by atoms with Gasteiger partial charge in [0, 0.05) is 32.2 Å². The molecule has 0 aromatic heterocycles. The number of hydrogen-bond donors (Lipinski definition) is 3. The van der Waals surface area contributed by atoms with Crippen LogP contribution in [-0.4, -0.2) is 28.6 Å². The van der Waals surface area contributed by atoms with Gasteiger partial charge in [-0.15, -0.1) is 4.68 Å². The van der Waals surface area contributed by atoms with Gasteiger partial charge in [0.15, 0.2) is 12.2 Å². The van der Waals surface area contributed by atoms with E-state index in [0.29, 0.717) is 31.5 Å². The number of carbonyl (C=O) groups is 1. The molecule has 0 aliphatic heterocycles. The van der Waals surface area contributed by atoms with Crippen molar-refractivity contribution < 1.29 is 14.6 Å². The van der Waals surface area contributed by atoms with E-state index >= 15 is 0 Å². The summed E-state index contributed by atoms with van der Waals surface area (Å²) in [5, 5.41) is 13.2. The molecule has 0 heterocycles. The smallest absolute Gasteiger partial charge is 0.345 e. The minimum atomic E-state index is -0.999. The maximum atomic E-state index is 10.7. The number of hydrogen-bond acceptors (Lipinski definition) is 2. The van der Waals surface area contributed by atoms with Gasteiger partial charge in [-0.2, -0.15) is 0 Å². The van der Waals surface area contributed by atoms with Crippen LogP contribution in [0.4, 0.5) is 11.4 Å². The third-order valence-electron chi connectivity index (χ3n) is 2.71. The Morgan fingerprint density at radius 2 is 1.46 bits per heavy atom. The van der Waals surface area contributed by atoms with Gasteiger partial charge < -0.3 is 5.11 Å². The van der Waals surface area contributed by atoms with Crippen molar-refractivity contribution in [3.05, 3.63) is 56.5 Å². The number of aliphatic carboxylic acids is 1. The first-order valence-electron chi connectivity index (χ1n) is 6.60. The quantitative estimate of drug-likeness (QED) is 0.281. The normalized spacial score (nSPS) is 11.2. The summed E-state index contributed by atoms with van der Waals surface area (Å²) in [7, 11) is 0. The first kappa shape index (κ1) is 18.7. The summed E-state index contributed by atoms with van der Waals surface area (Å²) in [4.78, 5) is 10.7. The second kappa shape index (κ2) is 8.44. The molecule has 0 aliphatic carbocycles. The molecule has 0 bridgehead atoms. The fraction of sp³-hybridized carbons (Fsp3) is 0.0667. The molecule has 2 aromatic carbocycles. The minimum absolute atomic E-state index is 0.261. The molecule has 0 unspecified atom stereocenters. The number of anilines is 1. The Hall–Kier alpha value is -1.66. The van der Waals surface area contributed by atoms with Crippen LogP contribution in [-0.2, 0) is 4.79 Å². The molecule has 5 nitrogen and oxygen atoms in total. The van der Waals surface area contributed by atoms with E-state index in [1.807, 2.05) is 0 Å². The number of nitrogens with one attached hydrogen (secondary N) is 2. The average Bonchev–Trinajstić information content (AvgIpc) is 2.43. The van der Waals surface area contributed by atoms with E-state index in [9.17, 15) is 4.79 Å². The molecule has 2 aromatic rings. The van der Waals surface area contributed by atoms with Crippen LogP contribution in [0.25, 0.3) is 0 Å². The number of nitrogens with zero attached hydrogens (tertiary/aromatic N) is 1. The lowest BCUT2D eigenvalue weighted by Gasteiger charge is -2.11. The standard InChI is InChI=1S/C15H11Cl4N3O2/c16-9-1-10(17)4-13(3-9)21-22(8-20-7-15(23)24)14-5-11(18)2-12(19)6-14/h1-6,8,21H,7H2,(H,23,24)/p+1. The zero-order chi connectivity index (χ0) is 17.7. The molecule has 9 heteroatoms. The van der Waals surface area contributed by atoms with Gasteiger partial charge in [0.2, 0.25) is 0 Å². The SMILES string of the molecule is O=C(O)CNC=[N+](Nc1cc(Cl)cc(Cl)c1)c1cc(Cl)cc(Cl)c1. The molecule has 0 aliphatic rings. The summed E-state index contributed by atoms with van der Waals surface area (Å²) in [6, 6.07) is 9.83. The van der Waals surface area contributed by atoms with E-state index in [0.717, 1.165) is 0 Å². The zero-order valence-corrected chi connectivity index (χ0v) is 15.1. The topological polar surface area (TPSA) is 64.4 Å². The van der Waals surface area contributed by atoms with Crippen LogP contribution >= 0.6 is 46.4 Å². The van der Waals surface area contributed by atoms with Crippen molar-refractivity contribution in [2.24, 2.45) is 0 Å². The predicted molar refractivity (Wildman–Crippen MR) is 98.2 cm³/mol. The van der Waals surface area contributed by atoms with Gasteiger partial charge in [-0.3, -0.25) is 5.32 Å². The summed E-state index contributed by atoms with van der Waals surface area (Å²) in [6.07, 6.45) is 1.44. The highest BCUT2D eigenvalue weighted by Crippen LogP contribution is 2.26. The number of hydrazone groups is 1. The van der Waals surface area contributed by atoms with Crippen molar-refractivity contribution in [1.82, 2.24) is 5.32 Å². The summed E-state index contributed by atoms with van der Waals surface area (Å²) in [6.45, 7) is -0.261. The molecule has 0 fully saturated rings. The molecule has 24 heavy (non-hydrogen) atoms. The van der Waals surface area contributed by atoms with E-state index in [-0.39, 0.29) is 6.54 Å². The average molecular weight is 408 g/mol. The van der Waals surface area contributed by atoms with E-state index in [1.54, 1.807) is 36.4 Å². The number of hydrazine groups is 1. The lowest BCUT2D eigenvalue weighted by atomic mass is 10.3. The van der Waals surface area contributed by atoms with Crippen molar-refractivity contribution >= 4 is 70.1 Å². The van der Waals surface area contributed by atoms with E-state index < -0.39 is 5.97 Å². The van der Waals surface area contributed by atoms with Crippen LogP contribution in [0, 0.1) is 0 Å². The Morgan fingerprint density at radius 1 is 0.958 bits per heavy atom. The number of halogens is 4. The molecule has 0 radical (unpaired) electrons. The Bertz CT molecular complexity index is 756. The zero-order valence-electron chi connectivity index (χ0n) is 12.1. The Balaban J connectivity index is 2.36. The third kappa shape index (κ3) is 5.76. The van der Waals surface area contributed by atoms with Gasteiger partial charge >= 0.3 is 5.97 Å². The molecule has 2 rings (SSSR count). The second-order valence-corrected chi connectivity index (χ2v) is 6.42. The summed E-state index contributed by atoms with van der Waals surface area (Å²) in [5.41, 5.74) is 4.22. The Kier molecular flexibility index (Phi) is 6.57. The van der Waals surface area contributed by atoms with Gasteiger partial charge in [-0.1, -0.05) is 46.4 Å². The third-order valence-corrected chi connectivity index (χ3v) is 3.58. The summed E-state index contributed by atoms with van der Waals surface area (Å²) in [5.74, 6) is -0.999. The van der Waals surface area contributed by atoms with E-state index in [2.05, 4.69) is 10.7 Å². The highest BCUT2D eigenvalue weighted by molar-refractivity contribution is 6.35.